The van der Waals surface area contributed by atoms with Gasteiger partial charge in [0.2, 0.25) is 0 Å². The molecule has 0 aliphatic heterocycles. The quantitative estimate of drug-likeness (QED) is 0.314. The first-order valence-electron chi connectivity index (χ1n) is 9.20. The predicted molar refractivity (Wildman–Crippen MR) is 131 cm³/mol. The highest BCUT2D eigenvalue weighted by Crippen LogP contribution is 2.08. The van der Waals surface area contributed by atoms with Crippen LogP contribution in [0.25, 0.3) is 0 Å². The van der Waals surface area contributed by atoms with Gasteiger partial charge < -0.3 is 15.5 Å². The molecule has 29 heavy (non-hydrogen) atoms. The molecule has 1 unspecified atom stereocenters. The zero-order valence-corrected chi connectivity index (χ0v) is 20.2. The van der Waals surface area contributed by atoms with Gasteiger partial charge in [-0.1, -0.05) is 30.3 Å². The van der Waals surface area contributed by atoms with E-state index in [9.17, 15) is 9.00 Å². The molecule has 0 heterocycles. The van der Waals surface area contributed by atoms with Crippen LogP contribution >= 0.6 is 24.0 Å². The van der Waals surface area contributed by atoms with Gasteiger partial charge >= 0.3 is 0 Å². The van der Waals surface area contributed by atoms with Crippen molar-refractivity contribution in [3.8, 4) is 0 Å². The Morgan fingerprint density at radius 3 is 2.38 bits per heavy atom. The Bertz CT molecular complexity index is 828. The van der Waals surface area contributed by atoms with E-state index in [4.69, 9.17) is 0 Å². The Kier molecular flexibility index (Phi) is 11.5. The minimum atomic E-state index is -1.03. The number of rotatable bonds is 8. The first kappa shape index (κ1) is 25.1. The van der Waals surface area contributed by atoms with Crippen molar-refractivity contribution in [2.45, 2.75) is 11.3 Å². The van der Waals surface area contributed by atoms with Gasteiger partial charge in [-0.3, -0.25) is 14.0 Å². The van der Waals surface area contributed by atoms with E-state index in [-0.39, 0.29) is 29.9 Å². The van der Waals surface area contributed by atoms with Gasteiger partial charge in [-0.25, -0.2) is 0 Å². The van der Waals surface area contributed by atoms with E-state index >= 15 is 0 Å². The minimum Gasteiger partial charge on any atom is -0.356 e. The van der Waals surface area contributed by atoms with Crippen LogP contribution in [0.5, 0.6) is 0 Å². The molecule has 0 radical (unpaired) electrons. The Hall–Kier alpha value is -1.94. The summed E-state index contributed by atoms with van der Waals surface area (Å²) >= 11 is 0. The third kappa shape index (κ3) is 8.53. The molecule has 2 aromatic carbocycles. The van der Waals surface area contributed by atoms with Crippen LogP contribution in [0.1, 0.15) is 15.9 Å². The van der Waals surface area contributed by atoms with Crippen LogP contribution < -0.4 is 10.6 Å². The maximum Gasteiger partial charge on any atom is 0.253 e. The molecule has 0 aromatic heterocycles. The number of carbonyl (C=O) groups is 1. The second kappa shape index (κ2) is 13.3. The van der Waals surface area contributed by atoms with Crippen molar-refractivity contribution in [1.82, 2.24) is 15.5 Å². The normalized spacial score (nSPS) is 11.9. The van der Waals surface area contributed by atoms with Crippen LogP contribution in [0.2, 0.25) is 0 Å². The molecular weight excluding hydrogens is 499 g/mol. The Balaban J connectivity index is 0.00000420. The number of nitrogens with one attached hydrogen (secondary N) is 2. The number of benzene rings is 2. The number of hydrogen-bond acceptors (Lipinski definition) is 3. The average Bonchev–Trinajstić information content (AvgIpc) is 2.72. The Morgan fingerprint density at radius 1 is 1.03 bits per heavy atom. The fraction of sp³-hybridized carbons (Fsp3) is 0.333. The molecule has 0 aliphatic carbocycles. The van der Waals surface area contributed by atoms with Crippen LogP contribution in [0.15, 0.2) is 64.5 Å². The van der Waals surface area contributed by atoms with Crippen molar-refractivity contribution in [3.05, 3.63) is 65.7 Å². The molecule has 0 spiro atoms. The molecule has 0 bridgehead atoms. The van der Waals surface area contributed by atoms with Gasteiger partial charge in [0.05, 0.1) is 10.8 Å². The molecule has 0 aliphatic rings. The van der Waals surface area contributed by atoms with Crippen LogP contribution in [-0.2, 0) is 17.2 Å². The molecule has 0 saturated carbocycles. The maximum atomic E-state index is 12.2. The zero-order chi connectivity index (χ0) is 20.4. The van der Waals surface area contributed by atoms with Gasteiger partial charge in [0.15, 0.2) is 5.96 Å². The maximum absolute atomic E-state index is 12.2. The van der Waals surface area contributed by atoms with E-state index in [1.807, 2.05) is 54.6 Å². The molecule has 0 fully saturated rings. The van der Waals surface area contributed by atoms with Crippen molar-refractivity contribution < 1.29 is 9.00 Å². The lowest BCUT2D eigenvalue weighted by molar-refractivity contribution is 0.0827. The van der Waals surface area contributed by atoms with Crippen LogP contribution in [0.3, 0.4) is 0 Å². The molecular formula is C21H29IN4O2S. The SMILES string of the molecule is CN=C(NCCc1cccc(C(=O)N(C)C)c1)NCCS(=O)c1ccccc1.I. The summed E-state index contributed by atoms with van der Waals surface area (Å²) < 4.78 is 12.2. The first-order chi connectivity index (χ1) is 13.5. The number of guanidine groups is 1. The summed E-state index contributed by atoms with van der Waals surface area (Å²) in [6.07, 6.45) is 0.769. The minimum absolute atomic E-state index is 0. The summed E-state index contributed by atoms with van der Waals surface area (Å²) in [5.74, 6) is 1.18. The average molecular weight is 528 g/mol. The van der Waals surface area contributed by atoms with Crippen molar-refractivity contribution >= 4 is 46.6 Å². The summed E-state index contributed by atoms with van der Waals surface area (Å²) in [7, 11) is 4.17. The topological polar surface area (TPSA) is 73.8 Å². The number of hydrogen-bond donors (Lipinski definition) is 2. The number of carbonyl (C=O) groups excluding carboxylic acids is 1. The molecule has 6 nitrogen and oxygen atoms in total. The summed E-state index contributed by atoms with van der Waals surface area (Å²) in [5, 5.41) is 6.43. The highest BCUT2D eigenvalue weighted by Gasteiger charge is 2.08. The lowest BCUT2D eigenvalue weighted by atomic mass is 10.1. The lowest BCUT2D eigenvalue weighted by Crippen LogP contribution is -2.40. The molecule has 0 saturated heterocycles. The zero-order valence-electron chi connectivity index (χ0n) is 17.1. The molecule has 2 aromatic rings. The first-order valence-corrected chi connectivity index (χ1v) is 10.5. The predicted octanol–water partition coefficient (Wildman–Crippen LogP) is 2.52. The molecule has 158 valence electrons. The summed E-state index contributed by atoms with van der Waals surface area (Å²) in [5.41, 5.74) is 1.77. The van der Waals surface area contributed by atoms with Gasteiger partial charge in [0.1, 0.15) is 0 Å². The smallest absolute Gasteiger partial charge is 0.253 e. The van der Waals surface area contributed by atoms with Crippen LogP contribution in [0, 0.1) is 0 Å². The van der Waals surface area contributed by atoms with Gasteiger partial charge in [-0.05, 0) is 36.2 Å². The second-order valence-electron chi connectivity index (χ2n) is 6.44. The van der Waals surface area contributed by atoms with Gasteiger partial charge in [0.25, 0.3) is 5.91 Å². The van der Waals surface area contributed by atoms with Crippen molar-refractivity contribution in [1.29, 1.82) is 0 Å². The molecule has 8 heteroatoms. The fourth-order valence-corrected chi connectivity index (χ4v) is 3.60. The van der Waals surface area contributed by atoms with E-state index < -0.39 is 10.8 Å². The van der Waals surface area contributed by atoms with Crippen LogP contribution in [0.4, 0.5) is 0 Å². The number of halogens is 1. The second-order valence-corrected chi connectivity index (χ2v) is 8.01. The number of aliphatic imine (C=N–C) groups is 1. The number of nitrogens with zero attached hydrogens (tertiary/aromatic N) is 2. The lowest BCUT2D eigenvalue weighted by Gasteiger charge is -2.13. The number of amides is 1. The van der Waals surface area contributed by atoms with Crippen molar-refractivity contribution in [2.75, 3.05) is 40.0 Å². The highest BCUT2D eigenvalue weighted by molar-refractivity contribution is 14.0. The van der Waals surface area contributed by atoms with Gasteiger partial charge in [-0.2, -0.15) is 0 Å². The van der Waals surface area contributed by atoms with E-state index in [1.54, 1.807) is 26.0 Å². The highest BCUT2D eigenvalue weighted by atomic mass is 127. The molecule has 2 N–H and O–H groups in total. The van der Waals surface area contributed by atoms with E-state index in [1.165, 1.54) is 0 Å². The molecule has 1 atom stereocenters. The van der Waals surface area contributed by atoms with Gasteiger partial charge in [-0.15, -0.1) is 24.0 Å². The third-order valence-electron chi connectivity index (χ3n) is 4.10. The Morgan fingerprint density at radius 2 is 1.72 bits per heavy atom. The molecule has 1 amide bonds. The van der Waals surface area contributed by atoms with Gasteiger partial charge in [0, 0.05) is 50.4 Å². The standard InChI is InChI=1S/C21H28N4O2S.HI/c1-22-21(24-14-15-28(27)19-10-5-4-6-11-19)23-13-12-17-8-7-9-18(16-17)20(26)25(2)3;/h4-11,16H,12-15H2,1-3H3,(H2,22,23,24);1H. The summed E-state index contributed by atoms with van der Waals surface area (Å²) in [6.45, 7) is 1.25. The van der Waals surface area contributed by atoms with E-state index in [2.05, 4.69) is 15.6 Å². The summed E-state index contributed by atoms with van der Waals surface area (Å²) in [4.78, 5) is 18.7. The van der Waals surface area contributed by atoms with Crippen LogP contribution in [-0.4, -0.2) is 61.0 Å². The summed E-state index contributed by atoms with van der Waals surface area (Å²) in [6, 6.07) is 17.1. The third-order valence-corrected chi connectivity index (χ3v) is 5.47. The van der Waals surface area contributed by atoms with Crippen molar-refractivity contribution in [3.63, 3.8) is 0 Å². The van der Waals surface area contributed by atoms with E-state index in [0.29, 0.717) is 30.4 Å². The molecule has 2 rings (SSSR count). The fourth-order valence-electron chi connectivity index (χ4n) is 2.62. The largest absolute Gasteiger partial charge is 0.356 e. The van der Waals surface area contributed by atoms with E-state index in [0.717, 1.165) is 16.9 Å². The monoisotopic (exact) mass is 528 g/mol. The van der Waals surface area contributed by atoms with Crippen molar-refractivity contribution in [2.24, 2.45) is 4.99 Å². The Labute approximate surface area is 192 Å².